The zero-order chi connectivity index (χ0) is 18.7. The van der Waals surface area contributed by atoms with Gasteiger partial charge in [-0.15, -0.1) is 11.3 Å². The van der Waals surface area contributed by atoms with Crippen molar-refractivity contribution in [2.24, 2.45) is 5.73 Å². The van der Waals surface area contributed by atoms with Gasteiger partial charge in [-0.1, -0.05) is 27.5 Å². The highest BCUT2D eigenvalue weighted by molar-refractivity contribution is 9.10. The summed E-state index contributed by atoms with van der Waals surface area (Å²) in [6.07, 6.45) is 0. The number of thiazole rings is 1. The Labute approximate surface area is 167 Å². The zero-order valence-corrected chi connectivity index (χ0v) is 16.8. The molecule has 134 valence electrons. The van der Waals surface area contributed by atoms with Crippen LogP contribution in [-0.2, 0) is 6.61 Å². The van der Waals surface area contributed by atoms with Gasteiger partial charge in [0.2, 0.25) is 0 Å². The second kappa shape index (κ2) is 8.07. The number of halogens is 2. The molecule has 0 bridgehead atoms. The van der Waals surface area contributed by atoms with Crippen LogP contribution in [0.15, 0.2) is 46.3 Å². The molecule has 2 N–H and O–H groups in total. The van der Waals surface area contributed by atoms with Crippen molar-refractivity contribution in [1.29, 1.82) is 0 Å². The number of aromatic nitrogens is 1. The molecule has 26 heavy (non-hydrogen) atoms. The van der Waals surface area contributed by atoms with Gasteiger partial charge in [0.25, 0.3) is 5.91 Å². The lowest BCUT2D eigenvalue weighted by Crippen LogP contribution is -2.13. The Bertz CT molecular complexity index is 961. The monoisotopic (exact) mass is 452 g/mol. The Balaban J connectivity index is 1.80. The number of primary amides is 1. The number of amides is 1. The summed E-state index contributed by atoms with van der Waals surface area (Å²) in [5, 5.41) is 3.13. The first-order valence-corrected chi connectivity index (χ1v) is 9.53. The zero-order valence-electron chi connectivity index (χ0n) is 13.7. The van der Waals surface area contributed by atoms with Gasteiger partial charge in [0.15, 0.2) is 0 Å². The van der Waals surface area contributed by atoms with E-state index >= 15 is 0 Å². The largest absolute Gasteiger partial charge is 0.496 e. The Morgan fingerprint density at radius 3 is 2.77 bits per heavy atom. The van der Waals surface area contributed by atoms with Gasteiger partial charge in [-0.25, -0.2) is 4.98 Å². The molecule has 0 radical (unpaired) electrons. The molecule has 0 aliphatic rings. The van der Waals surface area contributed by atoms with Crippen molar-refractivity contribution in [2.75, 3.05) is 7.11 Å². The van der Waals surface area contributed by atoms with E-state index in [0.717, 1.165) is 26.5 Å². The van der Waals surface area contributed by atoms with Crippen molar-refractivity contribution < 1.29 is 14.3 Å². The summed E-state index contributed by atoms with van der Waals surface area (Å²) in [6, 6.07) is 10.5. The molecule has 0 aliphatic heterocycles. The van der Waals surface area contributed by atoms with E-state index in [4.69, 9.17) is 26.8 Å². The number of ether oxygens (including phenoxy) is 2. The maximum absolute atomic E-state index is 11.5. The highest BCUT2D eigenvalue weighted by Gasteiger charge is 2.13. The normalized spacial score (nSPS) is 10.6. The Hall–Kier alpha value is -2.09. The molecule has 0 fully saturated rings. The molecule has 8 heteroatoms. The Morgan fingerprint density at radius 2 is 2.04 bits per heavy atom. The summed E-state index contributed by atoms with van der Waals surface area (Å²) >= 11 is 10.8. The van der Waals surface area contributed by atoms with Crippen molar-refractivity contribution in [3.05, 3.63) is 62.5 Å². The standard InChI is InChI=1S/C18H14BrClN2O3S/c1-24-15-4-2-10(19)6-14(15)18-22-12(9-26-18)8-25-16-5-3-11(20)7-13(16)17(21)23/h2-7,9H,8H2,1H3,(H2,21,23). The number of carbonyl (C=O) groups excluding carboxylic acids is 1. The average molecular weight is 454 g/mol. The van der Waals surface area contributed by atoms with E-state index in [1.165, 1.54) is 17.4 Å². The lowest BCUT2D eigenvalue weighted by Gasteiger charge is -2.09. The lowest BCUT2D eigenvalue weighted by molar-refractivity contribution is 0.0996. The SMILES string of the molecule is COc1ccc(Br)cc1-c1nc(COc2ccc(Cl)cc2C(N)=O)cs1. The number of carbonyl (C=O) groups is 1. The third kappa shape index (κ3) is 4.17. The molecule has 2 aromatic carbocycles. The molecule has 1 aromatic heterocycles. The second-order valence-corrected chi connectivity index (χ2v) is 7.49. The molecule has 1 amide bonds. The van der Waals surface area contributed by atoms with Crippen molar-refractivity contribution >= 4 is 44.8 Å². The van der Waals surface area contributed by atoms with Crippen LogP contribution in [0, 0.1) is 0 Å². The van der Waals surface area contributed by atoms with Crippen molar-refractivity contribution in [1.82, 2.24) is 4.98 Å². The molecule has 3 aromatic rings. The van der Waals surface area contributed by atoms with E-state index in [-0.39, 0.29) is 12.2 Å². The fraction of sp³-hybridized carbons (Fsp3) is 0.111. The van der Waals surface area contributed by atoms with Gasteiger partial charge in [-0.2, -0.15) is 0 Å². The Morgan fingerprint density at radius 1 is 1.27 bits per heavy atom. The quantitative estimate of drug-likeness (QED) is 0.575. The van der Waals surface area contributed by atoms with Crippen molar-refractivity contribution in [3.63, 3.8) is 0 Å². The van der Waals surface area contributed by atoms with Gasteiger partial charge in [-0.05, 0) is 36.4 Å². The van der Waals surface area contributed by atoms with Gasteiger partial charge >= 0.3 is 0 Å². The van der Waals surface area contributed by atoms with Crippen LogP contribution >= 0.6 is 38.9 Å². The van der Waals surface area contributed by atoms with Crippen LogP contribution in [-0.4, -0.2) is 18.0 Å². The smallest absolute Gasteiger partial charge is 0.252 e. The fourth-order valence-corrected chi connectivity index (χ4v) is 3.67. The van der Waals surface area contributed by atoms with Crippen LogP contribution in [0.25, 0.3) is 10.6 Å². The number of hydrogen-bond acceptors (Lipinski definition) is 5. The van der Waals surface area contributed by atoms with Crippen LogP contribution in [0.3, 0.4) is 0 Å². The summed E-state index contributed by atoms with van der Waals surface area (Å²) in [4.78, 5) is 16.1. The predicted molar refractivity (Wildman–Crippen MR) is 106 cm³/mol. The third-order valence-electron chi connectivity index (χ3n) is 3.53. The van der Waals surface area contributed by atoms with Gasteiger partial charge < -0.3 is 15.2 Å². The van der Waals surface area contributed by atoms with Crippen LogP contribution < -0.4 is 15.2 Å². The number of methoxy groups -OCH3 is 1. The molecule has 1 heterocycles. The van der Waals surface area contributed by atoms with Gasteiger partial charge in [0.1, 0.15) is 23.1 Å². The second-order valence-electron chi connectivity index (χ2n) is 5.28. The maximum atomic E-state index is 11.5. The van der Waals surface area contributed by atoms with Crippen LogP contribution in [0.1, 0.15) is 16.1 Å². The minimum atomic E-state index is -0.597. The molecule has 5 nitrogen and oxygen atoms in total. The van der Waals surface area contributed by atoms with Crippen molar-refractivity contribution in [2.45, 2.75) is 6.61 Å². The first-order valence-electron chi connectivity index (χ1n) is 7.48. The van der Waals surface area contributed by atoms with Crippen LogP contribution in [0.4, 0.5) is 0 Å². The molecular formula is C18H14BrClN2O3S. The van der Waals surface area contributed by atoms with Gasteiger partial charge in [-0.3, -0.25) is 4.79 Å². The van der Waals surface area contributed by atoms with Gasteiger partial charge in [0.05, 0.1) is 23.9 Å². The summed E-state index contributed by atoms with van der Waals surface area (Å²) in [7, 11) is 1.62. The van der Waals surface area contributed by atoms with E-state index in [1.807, 2.05) is 23.6 Å². The maximum Gasteiger partial charge on any atom is 0.252 e. The van der Waals surface area contributed by atoms with E-state index < -0.39 is 5.91 Å². The molecule has 0 unspecified atom stereocenters. The fourth-order valence-electron chi connectivity index (χ4n) is 2.32. The predicted octanol–water partition coefficient (Wildman–Crippen LogP) is 4.91. The van der Waals surface area contributed by atoms with Crippen molar-refractivity contribution in [3.8, 4) is 22.1 Å². The highest BCUT2D eigenvalue weighted by atomic mass is 79.9. The number of rotatable bonds is 6. The van der Waals surface area contributed by atoms with Crippen LogP contribution in [0.5, 0.6) is 11.5 Å². The molecule has 0 spiro atoms. The van der Waals surface area contributed by atoms with E-state index in [9.17, 15) is 4.79 Å². The van der Waals surface area contributed by atoms with E-state index in [2.05, 4.69) is 20.9 Å². The number of nitrogens with zero attached hydrogens (tertiary/aromatic N) is 1. The first kappa shape index (κ1) is 18.7. The van der Waals surface area contributed by atoms with Gasteiger partial charge in [0, 0.05) is 14.9 Å². The highest BCUT2D eigenvalue weighted by Crippen LogP contribution is 2.34. The molecule has 3 rings (SSSR count). The molecule has 0 saturated heterocycles. The molecular weight excluding hydrogens is 440 g/mol. The first-order chi connectivity index (χ1) is 12.5. The lowest BCUT2D eigenvalue weighted by atomic mass is 10.2. The molecule has 0 atom stereocenters. The topological polar surface area (TPSA) is 74.4 Å². The van der Waals surface area contributed by atoms with E-state index in [0.29, 0.717) is 10.8 Å². The molecule has 0 aliphatic carbocycles. The Kier molecular flexibility index (Phi) is 5.80. The summed E-state index contributed by atoms with van der Waals surface area (Å²) in [5.41, 5.74) is 7.23. The minimum absolute atomic E-state index is 0.203. The summed E-state index contributed by atoms with van der Waals surface area (Å²) < 4.78 is 12.0. The molecule has 0 saturated carbocycles. The summed E-state index contributed by atoms with van der Waals surface area (Å²) in [6.45, 7) is 0.203. The number of nitrogens with two attached hydrogens (primary N) is 1. The number of benzene rings is 2. The average Bonchev–Trinajstić information content (AvgIpc) is 3.09. The van der Waals surface area contributed by atoms with Crippen LogP contribution in [0.2, 0.25) is 5.02 Å². The third-order valence-corrected chi connectivity index (χ3v) is 5.18. The number of hydrogen-bond donors (Lipinski definition) is 1. The minimum Gasteiger partial charge on any atom is -0.496 e. The van der Waals surface area contributed by atoms with E-state index in [1.54, 1.807) is 19.2 Å². The summed E-state index contributed by atoms with van der Waals surface area (Å²) in [5.74, 6) is 0.514.